The molecule has 132 valence electrons. The maximum absolute atomic E-state index is 5.41. The number of aromatic nitrogens is 4. The summed E-state index contributed by atoms with van der Waals surface area (Å²) in [5, 5.41) is 9.52. The monoisotopic (exact) mass is 399 g/mol. The first kappa shape index (κ1) is 16.4. The first-order valence-corrected chi connectivity index (χ1v) is 10.9. The number of H-pyrrole nitrogens is 1. The summed E-state index contributed by atoms with van der Waals surface area (Å²) in [4.78, 5) is 9.86. The van der Waals surface area contributed by atoms with Gasteiger partial charge in [0.1, 0.15) is 4.83 Å². The van der Waals surface area contributed by atoms with E-state index < -0.39 is 0 Å². The number of benzene rings is 1. The summed E-state index contributed by atoms with van der Waals surface area (Å²) < 4.78 is 2.58. The Morgan fingerprint density at radius 1 is 1.31 bits per heavy atom. The Kier molecular flexibility index (Phi) is 4.08. The standard InChI is InChI=1S/C18H17N5S3/c1-25-18-19-16-14(15-20-21-17(24)23(15)18)12-7-8-22(10-13(12)26-16)9-11-5-3-2-4-6-11/h2-6H,7-10H2,1H3,(H,21,24). The molecule has 0 aliphatic carbocycles. The van der Waals surface area contributed by atoms with E-state index in [0.29, 0.717) is 4.77 Å². The molecule has 0 unspecified atom stereocenters. The smallest absolute Gasteiger partial charge is 0.201 e. The number of rotatable bonds is 3. The predicted octanol–water partition coefficient (Wildman–Crippen LogP) is 4.28. The van der Waals surface area contributed by atoms with Gasteiger partial charge in [-0.15, -0.1) is 11.3 Å². The Labute approximate surface area is 164 Å². The number of fused-ring (bicyclic) bond motifs is 5. The van der Waals surface area contributed by atoms with Gasteiger partial charge in [0.15, 0.2) is 10.8 Å². The van der Waals surface area contributed by atoms with E-state index >= 15 is 0 Å². The first-order valence-electron chi connectivity index (χ1n) is 8.46. The lowest BCUT2D eigenvalue weighted by Gasteiger charge is -2.26. The topological polar surface area (TPSA) is 49.2 Å². The van der Waals surface area contributed by atoms with Crippen LogP contribution in [0.2, 0.25) is 0 Å². The number of aromatic amines is 1. The van der Waals surface area contributed by atoms with Crippen molar-refractivity contribution in [3.8, 4) is 0 Å². The van der Waals surface area contributed by atoms with E-state index in [1.165, 1.54) is 21.4 Å². The van der Waals surface area contributed by atoms with E-state index in [-0.39, 0.29) is 0 Å². The van der Waals surface area contributed by atoms with Gasteiger partial charge in [0.05, 0.1) is 5.39 Å². The highest BCUT2D eigenvalue weighted by atomic mass is 32.2. The van der Waals surface area contributed by atoms with Crippen molar-refractivity contribution in [3.63, 3.8) is 0 Å². The molecule has 8 heteroatoms. The number of nitrogens with one attached hydrogen (secondary N) is 1. The third kappa shape index (κ3) is 2.60. The molecule has 1 aromatic carbocycles. The third-order valence-electron chi connectivity index (χ3n) is 4.83. The first-order chi connectivity index (χ1) is 12.7. The fraction of sp³-hybridized carbons (Fsp3) is 0.278. The molecule has 0 atom stereocenters. The second-order valence-corrected chi connectivity index (χ2v) is 8.66. The Morgan fingerprint density at radius 2 is 2.15 bits per heavy atom. The molecule has 1 aliphatic rings. The van der Waals surface area contributed by atoms with Crippen molar-refractivity contribution in [3.05, 3.63) is 51.1 Å². The van der Waals surface area contributed by atoms with Gasteiger partial charge in [-0.1, -0.05) is 42.1 Å². The predicted molar refractivity (Wildman–Crippen MR) is 110 cm³/mol. The Morgan fingerprint density at radius 3 is 2.96 bits per heavy atom. The van der Waals surface area contributed by atoms with Gasteiger partial charge >= 0.3 is 0 Å². The summed E-state index contributed by atoms with van der Waals surface area (Å²) in [5.41, 5.74) is 3.67. The summed E-state index contributed by atoms with van der Waals surface area (Å²) in [6, 6.07) is 10.7. The van der Waals surface area contributed by atoms with Gasteiger partial charge in [-0.25, -0.2) is 9.38 Å². The molecule has 4 aromatic rings. The fourth-order valence-corrected chi connectivity index (χ4v) is 5.78. The number of thioether (sulfide) groups is 1. The number of nitrogens with zero attached hydrogens (tertiary/aromatic N) is 4. The van der Waals surface area contributed by atoms with Gasteiger partial charge in [0.25, 0.3) is 0 Å². The molecule has 0 amide bonds. The Hall–Kier alpha value is -1.74. The molecule has 0 fully saturated rings. The lowest BCUT2D eigenvalue weighted by Crippen LogP contribution is -2.29. The molecule has 26 heavy (non-hydrogen) atoms. The Bertz CT molecular complexity index is 1160. The van der Waals surface area contributed by atoms with Crippen molar-refractivity contribution in [2.75, 3.05) is 12.8 Å². The lowest BCUT2D eigenvalue weighted by molar-refractivity contribution is 0.249. The van der Waals surface area contributed by atoms with Crippen molar-refractivity contribution >= 4 is 51.2 Å². The molecular weight excluding hydrogens is 382 g/mol. The van der Waals surface area contributed by atoms with Crippen LogP contribution >= 0.6 is 35.3 Å². The molecule has 3 aromatic heterocycles. The van der Waals surface area contributed by atoms with Gasteiger partial charge in [-0.05, 0) is 36.0 Å². The van der Waals surface area contributed by atoms with Crippen molar-refractivity contribution in [1.82, 2.24) is 24.5 Å². The van der Waals surface area contributed by atoms with Crippen LogP contribution in [0.5, 0.6) is 0 Å². The van der Waals surface area contributed by atoms with Crippen molar-refractivity contribution < 1.29 is 0 Å². The van der Waals surface area contributed by atoms with Crippen LogP contribution in [0.1, 0.15) is 16.0 Å². The van der Waals surface area contributed by atoms with Gasteiger partial charge in [0, 0.05) is 24.5 Å². The minimum atomic E-state index is 0.611. The maximum Gasteiger partial charge on any atom is 0.201 e. The molecule has 0 saturated carbocycles. The number of hydrogen-bond donors (Lipinski definition) is 1. The minimum Gasteiger partial charge on any atom is -0.294 e. The Balaban J connectivity index is 1.58. The fourth-order valence-electron chi connectivity index (χ4n) is 3.64. The van der Waals surface area contributed by atoms with Crippen molar-refractivity contribution in [1.29, 1.82) is 0 Å². The van der Waals surface area contributed by atoms with Crippen molar-refractivity contribution in [2.24, 2.45) is 0 Å². The van der Waals surface area contributed by atoms with Gasteiger partial charge in [0.2, 0.25) is 4.77 Å². The van der Waals surface area contributed by atoms with E-state index in [9.17, 15) is 0 Å². The quantitative estimate of drug-likeness (QED) is 0.316. The van der Waals surface area contributed by atoms with E-state index in [1.807, 2.05) is 10.7 Å². The zero-order chi connectivity index (χ0) is 17.7. The van der Waals surface area contributed by atoms with Crippen LogP contribution in [0.3, 0.4) is 0 Å². The van der Waals surface area contributed by atoms with E-state index in [4.69, 9.17) is 17.2 Å². The minimum absolute atomic E-state index is 0.611. The zero-order valence-electron chi connectivity index (χ0n) is 14.2. The van der Waals surface area contributed by atoms with Gasteiger partial charge in [-0.2, -0.15) is 5.10 Å². The van der Waals surface area contributed by atoms with Crippen LogP contribution in [-0.2, 0) is 19.5 Å². The second kappa shape index (κ2) is 6.45. The van der Waals surface area contributed by atoms with Crippen LogP contribution in [0.25, 0.3) is 15.9 Å². The molecule has 1 aliphatic heterocycles. The molecule has 5 nitrogen and oxygen atoms in total. The van der Waals surface area contributed by atoms with Gasteiger partial charge in [-0.3, -0.25) is 10.00 Å². The molecule has 0 saturated heterocycles. The molecule has 0 spiro atoms. The SMILES string of the molecule is CSc1nc2sc3c(c2c2n[nH]c(=S)n12)CCN(Cc1ccccc1)C3. The van der Waals surface area contributed by atoms with Crippen LogP contribution < -0.4 is 0 Å². The van der Waals surface area contributed by atoms with Crippen LogP contribution in [0.4, 0.5) is 0 Å². The normalized spacial score (nSPS) is 15.0. The van der Waals surface area contributed by atoms with Crippen molar-refractivity contribution in [2.45, 2.75) is 24.7 Å². The zero-order valence-corrected chi connectivity index (χ0v) is 16.7. The summed E-state index contributed by atoms with van der Waals surface area (Å²) in [7, 11) is 0. The van der Waals surface area contributed by atoms with E-state index in [0.717, 1.165) is 41.7 Å². The lowest BCUT2D eigenvalue weighted by atomic mass is 10.0. The summed E-state index contributed by atoms with van der Waals surface area (Å²) in [5.74, 6) is 0. The van der Waals surface area contributed by atoms with Crippen LogP contribution in [0.15, 0.2) is 35.5 Å². The average molecular weight is 400 g/mol. The van der Waals surface area contributed by atoms with E-state index in [1.54, 1.807) is 23.1 Å². The summed E-state index contributed by atoms with van der Waals surface area (Å²) >= 11 is 8.81. The summed E-state index contributed by atoms with van der Waals surface area (Å²) in [6.45, 7) is 3.01. The highest BCUT2D eigenvalue weighted by Gasteiger charge is 2.25. The third-order valence-corrected chi connectivity index (χ3v) is 6.86. The molecule has 4 heterocycles. The van der Waals surface area contributed by atoms with Crippen LogP contribution in [-0.4, -0.2) is 37.3 Å². The maximum atomic E-state index is 5.41. The highest BCUT2D eigenvalue weighted by Crippen LogP contribution is 2.37. The molecular formula is C18H17N5S3. The average Bonchev–Trinajstić information content (AvgIpc) is 3.22. The molecule has 0 radical (unpaired) electrons. The molecule has 0 bridgehead atoms. The second-order valence-electron chi connectivity index (χ2n) is 6.42. The van der Waals surface area contributed by atoms with Gasteiger partial charge < -0.3 is 0 Å². The highest BCUT2D eigenvalue weighted by molar-refractivity contribution is 7.98. The molecule has 1 N–H and O–H groups in total. The summed E-state index contributed by atoms with van der Waals surface area (Å²) in [6.07, 6.45) is 3.05. The largest absolute Gasteiger partial charge is 0.294 e. The number of thiophene rings is 1. The molecule has 5 rings (SSSR count). The van der Waals surface area contributed by atoms with Crippen LogP contribution in [0, 0.1) is 4.77 Å². The van der Waals surface area contributed by atoms with E-state index in [2.05, 4.69) is 45.4 Å². The number of hydrogen-bond acceptors (Lipinski definition) is 6.